The van der Waals surface area contributed by atoms with E-state index in [1.165, 1.54) is 7.11 Å². The first-order valence-corrected chi connectivity index (χ1v) is 7.70. The lowest BCUT2D eigenvalue weighted by atomic mass is 10.2. The standard InChI is InChI=1S/C12H19N3O4S/c1-4-20(17,18)15-10-6-5-9(7-11(10)19-3)14-12(16)8-13-2/h5-7,13,15H,4,8H2,1-3H3,(H,14,16). The van der Waals surface area contributed by atoms with Crippen LogP contribution >= 0.6 is 0 Å². The average molecular weight is 301 g/mol. The molecule has 8 heteroatoms. The molecular weight excluding hydrogens is 282 g/mol. The Kier molecular flexibility index (Phi) is 5.78. The molecule has 20 heavy (non-hydrogen) atoms. The average Bonchev–Trinajstić information content (AvgIpc) is 2.40. The minimum Gasteiger partial charge on any atom is -0.494 e. The van der Waals surface area contributed by atoms with Crippen molar-refractivity contribution in [2.24, 2.45) is 0 Å². The van der Waals surface area contributed by atoms with Gasteiger partial charge in [-0.1, -0.05) is 0 Å². The summed E-state index contributed by atoms with van der Waals surface area (Å²) in [6, 6.07) is 4.70. The Hall–Kier alpha value is -1.80. The largest absolute Gasteiger partial charge is 0.494 e. The van der Waals surface area contributed by atoms with Crippen molar-refractivity contribution < 1.29 is 17.9 Å². The molecule has 7 nitrogen and oxygen atoms in total. The van der Waals surface area contributed by atoms with Crippen molar-refractivity contribution in [2.75, 3.05) is 36.5 Å². The van der Waals surface area contributed by atoms with E-state index in [1.54, 1.807) is 32.2 Å². The van der Waals surface area contributed by atoms with E-state index in [-0.39, 0.29) is 18.2 Å². The molecule has 0 saturated carbocycles. The molecular formula is C12H19N3O4S. The van der Waals surface area contributed by atoms with E-state index in [0.717, 1.165) is 0 Å². The quantitative estimate of drug-likeness (QED) is 0.686. The minimum atomic E-state index is -3.38. The third-order valence-electron chi connectivity index (χ3n) is 2.47. The van der Waals surface area contributed by atoms with Gasteiger partial charge in [-0.15, -0.1) is 0 Å². The second kappa shape index (κ2) is 7.11. The summed E-state index contributed by atoms with van der Waals surface area (Å²) < 4.78 is 30.6. The Morgan fingerprint density at radius 1 is 1.35 bits per heavy atom. The third-order valence-corrected chi connectivity index (χ3v) is 3.76. The molecule has 0 aliphatic rings. The molecule has 3 N–H and O–H groups in total. The Bertz CT molecular complexity index is 572. The monoisotopic (exact) mass is 301 g/mol. The van der Waals surface area contributed by atoms with Crippen LogP contribution in [0, 0.1) is 0 Å². The fourth-order valence-electron chi connectivity index (χ4n) is 1.46. The number of hydrogen-bond acceptors (Lipinski definition) is 5. The second-order valence-electron chi connectivity index (χ2n) is 4.00. The normalized spacial score (nSPS) is 10.9. The zero-order valence-electron chi connectivity index (χ0n) is 11.7. The molecule has 0 unspecified atom stereocenters. The van der Waals surface area contributed by atoms with Crippen molar-refractivity contribution in [3.63, 3.8) is 0 Å². The van der Waals surface area contributed by atoms with Crippen LogP contribution in [0.3, 0.4) is 0 Å². The molecule has 1 rings (SSSR count). The predicted octanol–water partition coefficient (Wildman–Crippen LogP) is 0.615. The van der Waals surface area contributed by atoms with Crippen LogP contribution in [-0.4, -0.2) is 40.8 Å². The topological polar surface area (TPSA) is 96.5 Å². The van der Waals surface area contributed by atoms with Crippen molar-refractivity contribution in [1.29, 1.82) is 0 Å². The van der Waals surface area contributed by atoms with Gasteiger partial charge in [-0.05, 0) is 26.1 Å². The lowest BCUT2D eigenvalue weighted by Crippen LogP contribution is -2.25. The van der Waals surface area contributed by atoms with E-state index in [0.29, 0.717) is 17.1 Å². The van der Waals surface area contributed by atoms with Crippen molar-refractivity contribution in [2.45, 2.75) is 6.92 Å². The number of carbonyl (C=O) groups excluding carboxylic acids is 1. The molecule has 1 aromatic rings. The number of rotatable bonds is 7. The fraction of sp³-hybridized carbons (Fsp3) is 0.417. The molecule has 0 bridgehead atoms. The molecule has 0 saturated heterocycles. The molecule has 0 spiro atoms. The van der Waals surface area contributed by atoms with Crippen molar-refractivity contribution >= 4 is 27.3 Å². The van der Waals surface area contributed by atoms with Gasteiger partial charge in [-0.25, -0.2) is 8.42 Å². The number of methoxy groups -OCH3 is 1. The fourth-order valence-corrected chi connectivity index (χ4v) is 2.11. The van der Waals surface area contributed by atoms with Crippen LogP contribution in [0.4, 0.5) is 11.4 Å². The maximum Gasteiger partial charge on any atom is 0.238 e. The maximum atomic E-state index is 11.5. The van der Waals surface area contributed by atoms with Crippen LogP contribution in [0.2, 0.25) is 0 Å². The van der Waals surface area contributed by atoms with E-state index in [9.17, 15) is 13.2 Å². The van der Waals surface area contributed by atoms with Crippen molar-refractivity contribution in [3.05, 3.63) is 18.2 Å². The van der Waals surface area contributed by atoms with Gasteiger partial charge in [0.15, 0.2) is 0 Å². The summed E-state index contributed by atoms with van der Waals surface area (Å²) in [5, 5.41) is 5.39. The number of ether oxygens (including phenoxy) is 1. The summed E-state index contributed by atoms with van der Waals surface area (Å²) in [5.74, 6) is 0.109. The predicted molar refractivity (Wildman–Crippen MR) is 78.6 cm³/mol. The minimum absolute atomic E-state index is 0.0309. The Morgan fingerprint density at radius 3 is 2.60 bits per heavy atom. The number of sulfonamides is 1. The zero-order chi connectivity index (χ0) is 15.2. The van der Waals surface area contributed by atoms with Crippen molar-refractivity contribution in [3.8, 4) is 5.75 Å². The number of nitrogens with one attached hydrogen (secondary N) is 3. The molecule has 0 aliphatic carbocycles. The summed E-state index contributed by atoms with van der Waals surface area (Å²) in [6.07, 6.45) is 0. The Morgan fingerprint density at radius 2 is 2.05 bits per heavy atom. The number of anilines is 2. The van der Waals surface area contributed by atoms with Crippen LogP contribution in [0.15, 0.2) is 18.2 Å². The van der Waals surface area contributed by atoms with Crippen LogP contribution in [0.1, 0.15) is 6.92 Å². The molecule has 0 radical (unpaired) electrons. The van der Waals surface area contributed by atoms with Gasteiger partial charge in [0.1, 0.15) is 5.75 Å². The Balaban J connectivity index is 2.93. The smallest absolute Gasteiger partial charge is 0.238 e. The lowest BCUT2D eigenvalue weighted by Gasteiger charge is -2.13. The second-order valence-corrected chi connectivity index (χ2v) is 6.01. The van der Waals surface area contributed by atoms with E-state index >= 15 is 0 Å². The highest BCUT2D eigenvalue weighted by molar-refractivity contribution is 7.92. The Labute approximate surface area is 118 Å². The van der Waals surface area contributed by atoms with Gasteiger partial charge in [0, 0.05) is 11.8 Å². The van der Waals surface area contributed by atoms with Gasteiger partial charge >= 0.3 is 0 Å². The van der Waals surface area contributed by atoms with Gasteiger partial charge in [-0.3, -0.25) is 9.52 Å². The number of likely N-dealkylation sites (N-methyl/N-ethyl adjacent to an activating group) is 1. The molecule has 1 aromatic carbocycles. The van der Waals surface area contributed by atoms with Gasteiger partial charge in [0.25, 0.3) is 0 Å². The van der Waals surface area contributed by atoms with Crippen LogP contribution < -0.4 is 20.1 Å². The van der Waals surface area contributed by atoms with Gasteiger partial charge < -0.3 is 15.4 Å². The maximum absolute atomic E-state index is 11.5. The third kappa shape index (κ3) is 4.71. The summed E-state index contributed by atoms with van der Waals surface area (Å²) in [4.78, 5) is 11.4. The molecule has 0 heterocycles. The molecule has 0 aliphatic heterocycles. The molecule has 0 aromatic heterocycles. The van der Waals surface area contributed by atoms with E-state index in [1.807, 2.05) is 0 Å². The van der Waals surface area contributed by atoms with Crippen LogP contribution in [0.25, 0.3) is 0 Å². The van der Waals surface area contributed by atoms with E-state index in [2.05, 4.69) is 15.4 Å². The summed E-state index contributed by atoms with van der Waals surface area (Å²) in [6.45, 7) is 1.73. The number of hydrogen-bond donors (Lipinski definition) is 3. The van der Waals surface area contributed by atoms with Crippen LogP contribution in [0.5, 0.6) is 5.75 Å². The summed E-state index contributed by atoms with van der Waals surface area (Å²) in [7, 11) is -0.279. The SMILES string of the molecule is CCS(=O)(=O)Nc1ccc(NC(=O)CNC)cc1OC. The van der Waals surface area contributed by atoms with E-state index < -0.39 is 10.0 Å². The molecule has 112 valence electrons. The first-order valence-electron chi connectivity index (χ1n) is 6.04. The lowest BCUT2D eigenvalue weighted by molar-refractivity contribution is -0.115. The first-order chi connectivity index (χ1) is 9.41. The number of carbonyl (C=O) groups is 1. The highest BCUT2D eigenvalue weighted by Gasteiger charge is 2.12. The number of amides is 1. The summed E-state index contributed by atoms with van der Waals surface area (Å²) in [5.41, 5.74) is 0.863. The highest BCUT2D eigenvalue weighted by Crippen LogP contribution is 2.28. The molecule has 0 atom stereocenters. The van der Waals surface area contributed by atoms with Crippen molar-refractivity contribution in [1.82, 2.24) is 5.32 Å². The zero-order valence-corrected chi connectivity index (χ0v) is 12.5. The van der Waals surface area contributed by atoms with E-state index in [4.69, 9.17) is 4.74 Å². The number of benzene rings is 1. The van der Waals surface area contributed by atoms with Gasteiger partial charge in [0.2, 0.25) is 15.9 Å². The molecule has 0 fully saturated rings. The van der Waals surface area contributed by atoms with Crippen LogP contribution in [-0.2, 0) is 14.8 Å². The molecule has 1 amide bonds. The first kappa shape index (κ1) is 16.3. The highest BCUT2D eigenvalue weighted by atomic mass is 32.2. The van der Waals surface area contributed by atoms with Gasteiger partial charge in [-0.2, -0.15) is 0 Å². The van der Waals surface area contributed by atoms with Gasteiger partial charge in [0.05, 0.1) is 25.1 Å². The summed E-state index contributed by atoms with van der Waals surface area (Å²) >= 11 is 0.